The number of amides is 2. The van der Waals surface area contributed by atoms with Crippen molar-refractivity contribution in [3.05, 3.63) is 69.4 Å². The molecule has 0 unspecified atom stereocenters. The second kappa shape index (κ2) is 12.1. The molecule has 1 aliphatic carbocycles. The van der Waals surface area contributed by atoms with Crippen LogP contribution in [0, 0.1) is 0 Å². The van der Waals surface area contributed by atoms with Crippen LogP contribution in [0.1, 0.15) is 38.2 Å². The Labute approximate surface area is 213 Å². The Hall–Kier alpha value is -3.01. The average Bonchev–Trinajstić information content (AvgIpc) is 3.52. The summed E-state index contributed by atoms with van der Waals surface area (Å²) in [4.78, 5) is 32.3. The Morgan fingerprint density at radius 2 is 2.03 bits per heavy atom. The van der Waals surface area contributed by atoms with Gasteiger partial charge in [-0.15, -0.1) is 0 Å². The van der Waals surface area contributed by atoms with Crippen LogP contribution in [0.15, 0.2) is 73.8 Å². The number of imide groups is 1. The van der Waals surface area contributed by atoms with Crippen molar-refractivity contribution in [3.8, 4) is 11.1 Å². The molecule has 1 saturated heterocycles. The van der Waals surface area contributed by atoms with Crippen molar-refractivity contribution in [2.45, 2.75) is 51.2 Å². The van der Waals surface area contributed by atoms with Crippen molar-refractivity contribution in [3.63, 3.8) is 0 Å². The largest absolute Gasteiger partial charge is 0.325 e. The van der Waals surface area contributed by atoms with E-state index in [0.717, 1.165) is 44.0 Å². The molecule has 4 rings (SSSR count). The lowest BCUT2D eigenvalue weighted by atomic mass is 9.91. The van der Waals surface area contributed by atoms with Gasteiger partial charge in [-0.05, 0) is 96.7 Å². The molecule has 2 heterocycles. The Balaban J connectivity index is 1.27. The SMILES string of the molecule is C=NC(=NC1CCC(NCc2cccc(-c3ccsc3)c2)CC1)NC(=C\C)/C=C1\SC(=O)NC1=O. The van der Waals surface area contributed by atoms with E-state index in [-0.39, 0.29) is 11.3 Å². The number of thiophene rings is 1. The van der Waals surface area contributed by atoms with Gasteiger partial charge >= 0.3 is 0 Å². The lowest BCUT2D eigenvalue weighted by Crippen LogP contribution is -2.34. The minimum atomic E-state index is -0.393. The summed E-state index contributed by atoms with van der Waals surface area (Å²) in [6.07, 6.45) is 7.45. The Morgan fingerprint density at radius 3 is 2.69 bits per heavy atom. The molecule has 1 aliphatic heterocycles. The van der Waals surface area contributed by atoms with Crippen LogP contribution in [0.2, 0.25) is 0 Å². The highest BCUT2D eigenvalue weighted by Gasteiger charge is 2.25. The molecule has 3 N–H and O–H groups in total. The van der Waals surface area contributed by atoms with E-state index in [1.807, 2.05) is 6.92 Å². The molecular weight excluding hydrogens is 478 g/mol. The summed E-state index contributed by atoms with van der Waals surface area (Å²) >= 11 is 2.60. The molecular formula is C26H29N5O2S2. The molecule has 9 heteroatoms. The molecule has 0 bridgehead atoms. The van der Waals surface area contributed by atoms with Crippen molar-refractivity contribution in [2.75, 3.05) is 0 Å². The molecule has 35 heavy (non-hydrogen) atoms. The van der Waals surface area contributed by atoms with Gasteiger partial charge < -0.3 is 10.6 Å². The van der Waals surface area contributed by atoms with Crippen LogP contribution >= 0.6 is 23.1 Å². The molecule has 0 atom stereocenters. The van der Waals surface area contributed by atoms with Crippen molar-refractivity contribution in [1.29, 1.82) is 0 Å². The summed E-state index contributed by atoms with van der Waals surface area (Å²) < 4.78 is 0. The molecule has 7 nitrogen and oxygen atoms in total. The fourth-order valence-corrected chi connectivity index (χ4v) is 5.47. The molecule has 182 valence electrons. The molecule has 1 saturated carbocycles. The van der Waals surface area contributed by atoms with Gasteiger partial charge in [-0.1, -0.05) is 24.3 Å². The minimum Gasteiger partial charge on any atom is -0.325 e. The van der Waals surface area contributed by atoms with Gasteiger partial charge in [0.1, 0.15) is 0 Å². The van der Waals surface area contributed by atoms with E-state index in [1.165, 1.54) is 16.7 Å². The summed E-state index contributed by atoms with van der Waals surface area (Å²) in [7, 11) is 0. The van der Waals surface area contributed by atoms with E-state index >= 15 is 0 Å². The highest BCUT2D eigenvalue weighted by atomic mass is 32.2. The highest BCUT2D eigenvalue weighted by Crippen LogP contribution is 2.26. The first kappa shape index (κ1) is 25.1. The number of rotatable bonds is 7. The van der Waals surface area contributed by atoms with E-state index in [1.54, 1.807) is 23.5 Å². The monoisotopic (exact) mass is 507 g/mol. The van der Waals surface area contributed by atoms with Gasteiger partial charge in [-0.3, -0.25) is 14.9 Å². The number of carbonyl (C=O) groups excluding carboxylic acids is 2. The fraction of sp³-hybridized carbons (Fsp3) is 0.308. The van der Waals surface area contributed by atoms with Crippen molar-refractivity contribution < 1.29 is 9.59 Å². The number of allylic oxidation sites excluding steroid dienone is 2. The zero-order valence-electron chi connectivity index (χ0n) is 19.6. The maximum atomic E-state index is 11.8. The van der Waals surface area contributed by atoms with Crippen LogP contribution in [-0.4, -0.2) is 35.9 Å². The maximum absolute atomic E-state index is 11.8. The predicted molar refractivity (Wildman–Crippen MR) is 146 cm³/mol. The summed E-state index contributed by atoms with van der Waals surface area (Å²) in [6.45, 7) is 6.33. The average molecular weight is 508 g/mol. The molecule has 1 aromatic carbocycles. The van der Waals surface area contributed by atoms with E-state index < -0.39 is 5.91 Å². The van der Waals surface area contributed by atoms with Crippen LogP contribution in [0.25, 0.3) is 11.1 Å². The third-order valence-electron chi connectivity index (χ3n) is 6.02. The van der Waals surface area contributed by atoms with Crippen molar-refractivity contribution >= 4 is 46.9 Å². The summed E-state index contributed by atoms with van der Waals surface area (Å²) in [5.41, 5.74) is 4.46. The Bertz CT molecular complexity index is 1160. The molecule has 2 amide bonds. The third-order valence-corrected chi connectivity index (χ3v) is 7.52. The summed E-state index contributed by atoms with van der Waals surface area (Å²) in [5, 5.41) is 13.0. The zero-order valence-corrected chi connectivity index (χ0v) is 21.3. The molecule has 1 aromatic heterocycles. The van der Waals surface area contributed by atoms with Crippen molar-refractivity contribution in [1.82, 2.24) is 16.0 Å². The van der Waals surface area contributed by atoms with Crippen LogP contribution < -0.4 is 16.0 Å². The lowest BCUT2D eigenvalue weighted by molar-refractivity contribution is -0.115. The number of benzene rings is 1. The van der Waals surface area contributed by atoms with Gasteiger partial charge in [-0.25, -0.2) is 9.98 Å². The van der Waals surface area contributed by atoms with Gasteiger partial charge in [0, 0.05) is 18.3 Å². The molecule has 0 radical (unpaired) electrons. The van der Waals surface area contributed by atoms with E-state index in [0.29, 0.717) is 22.6 Å². The van der Waals surface area contributed by atoms with Crippen LogP contribution in [0.3, 0.4) is 0 Å². The first-order valence-corrected chi connectivity index (χ1v) is 13.4. The standard InChI is InChI=1S/C26H29N5O2S2/c1-3-20(14-23-24(32)31-26(33)35-23)29-25(27-2)30-22-9-7-21(8-10-22)28-15-17-5-4-6-18(13-17)19-11-12-34-16-19/h3-6,11-14,16,21-22,28H,2,7-10,15H2,1H3,(H,29,30)(H,31,32,33)/b20-3-,23-14-. The van der Waals surface area contributed by atoms with E-state index in [9.17, 15) is 9.59 Å². The number of hydrogen-bond acceptors (Lipinski definition) is 6. The lowest BCUT2D eigenvalue weighted by Gasteiger charge is -2.27. The zero-order chi connectivity index (χ0) is 24.6. The molecule has 2 aromatic rings. The quantitative estimate of drug-likeness (QED) is 0.271. The predicted octanol–water partition coefficient (Wildman–Crippen LogP) is 5.23. The van der Waals surface area contributed by atoms with E-state index in [2.05, 4.69) is 68.8 Å². The summed E-state index contributed by atoms with van der Waals surface area (Å²) in [5.74, 6) is 0.0292. The normalized spacial score (nSPS) is 22.4. The molecule has 2 fully saturated rings. The first-order valence-electron chi connectivity index (χ1n) is 11.6. The fourth-order valence-electron chi connectivity index (χ4n) is 4.13. The topological polar surface area (TPSA) is 94.9 Å². The Morgan fingerprint density at radius 1 is 1.20 bits per heavy atom. The van der Waals surface area contributed by atoms with E-state index in [4.69, 9.17) is 4.99 Å². The summed E-state index contributed by atoms with van der Waals surface area (Å²) in [6, 6.07) is 11.5. The second-order valence-corrected chi connectivity index (χ2v) is 10.2. The third kappa shape index (κ3) is 7.00. The maximum Gasteiger partial charge on any atom is 0.290 e. The van der Waals surface area contributed by atoms with Crippen LogP contribution in [-0.2, 0) is 11.3 Å². The smallest absolute Gasteiger partial charge is 0.290 e. The minimum absolute atomic E-state index is 0.166. The number of hydrogen-bond donors (Lipinski definition) is 3. The van der Waals surface area contributed by atoms with Crippen LogP contribution in [0.5, 0.6) is 0 Å². The van der Waals surface area contributed by atoms with Crippen LogP contribution in [0.4, 0.5) is 4.79 Å². The van der Waals surface area contributed by atoms with Gasteiger partial charge in [0.15, 0.2) is 0 Å². The number of guanidine groups is 1. The number of thioether (sulfide) groups is 1. The Kier molecular flexibility index (Phi) is 8.68. The first-order chi connectivity index (χ1) is 17.0. The number of nitrogens with zero attached hydrogens (tertiary/aromatic N) is 2. The van der Waals surface area contributed by atoms with Crippen molar-refractivity contribution in [2.24, 2.45) is 9.98 Å². The van der Waals surface area contributed by atoms with Gasteiger partial charge in [-0.2, -0.15) is 11.3 Å². The molecule has 2 aliphatic rings. The number of nitrogens with one attached hydrogen (secondary N) is 3. The number of aliphatic imine (C=N–C) groups is 2. The number of carbonyl (C=O) groups is 2. The highest BCUT2D eigenvalue weighted by molar-refractivity contribution is 8.18. The second-order valence-electron chi connectivity index (χ2n) is 8.43. The van der Waals surface area contributed by atoms with Gasteiger partial charge in [0.2, 0.25) is 5.96 Å². The van der Waals surface area contributed by atoms with Gasteiger partial charge in [0.25, 0.3) is 11.1 Å². The van der Waals surface area contributed by atoms with Gasteiger partial charge in [0.05, 0.1) is 10.9 Å². The molecule has 0 spiro atoms.